The van der Waals surface area contributed by atoms with Crippen molar-refractivity contribution in [3.05, 3.63) is 18.0 Å². The predicted octanol–water partition coefficient (Wildman–Crippen LogP) is 3.34. The zero-order chi connectivity index (χ0) is 22.4. The van der Waals surface area contributed by atoms with E-state index in [9.17, 15) is 0 Å². The van der Waals surface area contributed by atoms with Gasteiger partial charge in [-0.2, -0.15) is 4.98 Å². The highest BCUT2D eigenvalue weighted by atomic mass is 32.1. The topological polar surface area (TPSA) is 61.2 Å². The first-order valence-electron chi connectivity index (χ1n) is 13.0. The zero-order valence-corrected chi connectivity index (χ0v) is 20.7. The average molecular weight is 468 g/mol. The smallest absolute Gasteiger partial charge is 0.224 e. The van der Waals surface area contributed by atoms with Crippen molar-refractivity contribution < 1.29 is 0 Å². The molecule has 3 fully saturated rings. The van der Waals surface area contributed by atoms with Crippen molar-refractivity contribution in [2.75, 3.05) is 45.1 Å². The molecule has 2 aromatic heterocycles. The Hall–Kier alpha value is -1.77. The van der Waals surface area contributed by atoms with Gasteiger partial charge in [0.1, 0.15) is 10.6 Å². The Balaban J connectivity index is 1.19. The fourth-order valence-corrected chi connectivity index (χ4v) is 6.91. The summed E-state index contributed by atoms with van der Waals surface area (Å²) in [6, 6.07) is 3.40. The van der Waals surface area contributed by atoms with Crippen LogP contribution in [0, 0.1) is 0 Å². The molecule has 4 aliphatic rings. The molecule has 0 unspecified atom stereocenters. The van der Waals surface area contributed by atoms with Gasteiger partial charge in [-0.05, 0) is 51.6 Å². The van der Waals surface area contributed by atoms with Crippen LogP contribution >= 0.6 is 12.2 Å². The molecule has 0 radical (unpaired) electrons. The second-order valence-corrected chi connectivity index (χ2v) is 11.2. The minimum atomic E-state index is 0.101. The zero-order valence-electron chi connectivity index (χ0n) is 19.9. The summed E-state index contributed by atoms with van der Waals surface area (Å²) in [5.41, 5.74) is 2.27. The number of aromatic nitrogens is 3. The van der Waals surface area contributed by atoms with E-state index in [1.807, 2.05) is 6.20 Å². The van der Waals surface area contributed by atoms with Gasteiger partial charge in [0.05, 0.1) is 11.2 Å². The van der Waals surface area contributed by atoms with Crippen molar-refractivity contribution in [3.8, 4) is 0 Å². The summed E-state index contributed by atoms with van der Waals surface area (Å²) in [5, 5.41) is 8.31. The second kappa shape index (κ2) is 8.78. The normalized spacial score (nSPS) is 28.6. The number of fused-ring (bicyclic) bond motifs is 4. The number of hydrogen-bond acceptors (Lipinski definition) is 6. The number of hydrogen-bond donors (Lipinski definition) is 2. The number of anilines is 1. The van der Waals surface area contributed by atoms with Gasteiger partial charge in [0.2, 0.25) is 5.95 Å². The van der Waals surface area contributed by atoms with E-state index in [2.05, 4.69) is 38.1 Å². The summed E-state index contributed by atoms with van der Waals surface area (Å²) in [7, 11) is 2.23. The maximum atomic E-state index is 5.69. The van der Waals surface area contributed by atoms with E-state index in [0.29, 0.717) is 6.04 Å². The van der Waals surface area contributed by atoms with Crippen molar-refractivity contribution in [3.63, 3.8) is 0 Å². The van der Waals surface area contributed by atoms with Gasteiger partial charge in [0.25, 0.3) is 0 Å². The molecule has 7 nitrogen and oxygen atoms in total. The average Bonchev–Trinajstić information content (AvgIpc) is 3.24. The molecule has 2 aliphatic heterocycles. The monoisotopic (exact) mass is 467 g/mol. The molecule has 33 heavy (non-hydrogen) atoms. The minimum absolute atomic E-state index is 0.101. The molecule has 2 N–H and O–H groups in total. The van der Waals surface area contributed by atoms with Crippen LogP contribution in [0.25, 0.3) is 11.0 Å². The number of thiocarbonyl (C=S) groups is 1. The lowest BCUT2D eigenvalue weighted by atomic mass is 9.80. The summed E-state index contributed by atoms with van der Waals surface area (Å²) >= 11 is 5.69. The van der Waals surface area contributed by atoms with Crippen LogP contribution in [-0.2, 0) is 5.54 Å². The molecule has 0 amide bonds. The molecular formula is C25H37N7S. The summed E-state index contributed by atoms with van der Waals surface area (Å²) in [4.78, 5) is 15.8. The SMILES string of the molecule is CN1CCN(C2CCC(Nc3ncc4cc5n(c4n3)C3(CCCCC3)CNC5=S)CC2)CC1. The van der Waals surface area contributed by atoms with E-state index in [1.165, 1.54) is 84.0 Å². The maximum absolute atomic E-state index is 5.69. The second-order valence-electron chi connectivity index (χ2n) is 10.8. The molecule has 2 aliphatic carbocycles. The van der Waals surface area contributed by atoms with Gasteiger partial charge >= 0.3 is 0 Å². The lowest BCUT2D eigenvalue weighted by Crippen LogP contribution is -2.52. The highest BCUT2D eigenvalue weighted by Crippen LogP contribution is 2.40. The summed E-state index contributed by atoms with van der Waals surface area (Å²) in [6.07, 6.45) is 13.2. The molecule has 8 heteroatoms. The first kappa shape index (κ1) is 21.7. The quantitative estimate of drug-likeness (QED) is 0.672. The van der Waals surface area contributed by atoms with Gasteiger partial charge in [0.15, 0.2) is 0 Å². The molecule has 4 heterocycles. The van der Waals surface area contributed by atoms with E-state index < -0.39 is 0 Å². The molecule has 2 aromatic rings. The van der Waals surface area contributed by atoms with Crippen molar-refractivity contribution in [1.82, 2.24) is 29.7 Å². The molecule has 0 atom stereocenters. The molecule has 0 aromatic carbocycles. The van der Waals surface area contributed by atoms with Gasteiger partial charge < -0.3 is 20.1 Å². The molecule has 178 valence electrons. The number of nitrogens with one attached hydrogen (secondary N) is 2. The van der Waals surface area contributed by atoms with Crippen LogP contribution in [0.1, 0.15) is 63.5 Å². The Morgan fingerprint density at radius 1 is 1.06 bits per heavy atom. The van der Waals surface area contributed by atoms with Crippen LogP contribution in [-0.4, -0.2) is 81.2 Å². The summed E-state index contributed by atoms with van der Waals surface area (Å²) in [6.45, 7) is 5.77. The van der Waals surface area contributed by atoms with Gasteiger partial charge in [-0.15, -0.1) is 0 Å². The predicted molar refractivity (Wildman–Crippen MR) is 137 cm³/mol. The maximum Gasteiger partial charge on any atom is 0.224 e. The third kappa shape index (κ3) is 4.04. The van der Waals surface area contributed by atoms with Crippen LogP contribution < -0.4 is 10.6 Å². The Kier molecular flexibility index (Phi) is 5.79. The van der Waals surface area contributed by atoms with Gasteiger partial charge in [-0.1, -0.05) is 31.5 Å². The van der Waals surface area contributed by atoms with Crippen molar-refractivity contribution >= 4 is 34.2 Å². The molecule has 6 rings (SSSR count). The third-order valence-corrected chi connectivity index (χ3v) is 9.05. The highest BCUT2D eigenvalue weighted by molar-refractivity contribution is 7.80. The lowest BCUT2D eigenvalue weighted by molar-refractivity contribution is 0.0894. The van der Waals surface area contributed by atoms with E-state index in [-0.39, 0.29) is 5.54 Å². The van der Waals surface area contributed by atoms with Gasteiger partial charge in [-0.25, -0.2) is 4.98 Å². The molecule has 0 bridgehead atoms. The fraction of sp³-hybridized carbons (Fsp3) is 0.720. The van der Waals surface area contributed by atoms with Crippen LogP contribution in [0.2, 0.25) is 0 Å². The number of likely N-dealkylation sites (N-methyl/N-ethyl adjacent to an activating group) is 1. The first-order chi connectivity index (χ1) is 16.1. The molecular weight excluding hydrogens is 430 g/mol. The lowest BCUT2D eigenvalue weighted by Gasteiger charge is -2.43. The van der Waals surface area contributed by atoms with Gasteiger partial charge in [-0.3, -0.25) is 4.90 Å². The first-order valence-corrected chi connectivity index (χ1v) is 13.4. The van der Waals surface area contributed by atoms with Crippen molar-refractivity contribution in [2.24, 2.45) is 0 Å². The van der Waals surface area contributed by atoms with Crippen LogP contribution in [0.5, 0.6) is 0 Å². The third-order valence-electron chi connectivity index (χ3n) is 8.69. The Morgan fingerprint density at radius 3 is 2.58 bits per heavy atom. The highest BCUT2D eigenvalue weighted by Gasteiger charge is 2.40. The van der Waals surface area contributed by atoms with E-state index in [4.69, 9.17) is 22.2 Å². The van der Waals surface area contributed by atoms with Crippen LogP contribution in [0.3, 0.4) is 0 Å². The number of nitrogens with zero attached hydrogens (tertiary/aromatic N) is 5. The van der Waals surface area contributed by atoms with E-state index in [0.717, 1.165) is 40.3 Å². The van der Waals surface area contributed by atoms with Gasteiger partial charge in [0, 0.05) is 56.4 Å². The van der Waals surface area contributed by atoms with Crippen molar-refractivity contribution in [2.45, 2.75) is 75.4 Å². The Bertz CT molecular complexity index is 1010. The van der Waals surface area contributed by atoms with E-state index >= 15 is 0 Å². The molecule has 1 saturated heterocycles. The summed E-state index contributed by atoms with van der Waals surface area (Å²) in [5.74, 6) is 0.779. The number of rotatable bonds is 3. The van der Waals surface area contributed by atoms with Crippen LogP contribution in [0.15, 0.2) is 12.3 Å². The molecule has 1 spiro atoms. The Morgan fingerprint density at radius 2 is 1.82 bits per heavy atom. The fourth-order valence-electron chi connectivity index (χ4n) is 6.69. The van der Waals surface area contributed by atoms with Crippen LogP contribution in [0.4, 0.5) is 5.95 Å². The minimum Gasteiger partial charge on any atom is -0.372 e. The summed E-state index contributed by atoms with van der Waals surface area (Å²) < 4.78 is 2.47. The molecule has 2 saturated carbocycles. The Labute approximate surface area is 202 Å². The largest absolute Gasteiger partial charge is 0.372 e. The number of piperazine rings is 1. The standard InChI is InChI=1S/C25H37N7S/c1-30-11-13-31(14-12-30)20-7-5-19(6-8-20)28-24-26-16-18-15-21-23(33)27-17-25(9-3-2-4-10-25)32(21)22(18)29-24/h15-16,19-20H,2-14,17H2,1H3,(H,27,33)(H,26,28,29). The van der Waals surface area contributed by atoms with Crippen molar-refractivity contribution in [1.29, 1.82) is 0 Å². The van der Waals surface area contributed by atoms with E-state index in [1.54, 1.807) is 0 Å².